The largest absolute Gasteiger partial charge is 0.428 e. The summed E-state index contributed by atoms with van der Waals surface area (Å²) < 4.78 is 9.60. The van der Waals surface area contributed by atoms with Gasteiger partial charge < -0.3 is 4.42 Å². The van der Waals surface area contributed by atoms with Gasteiger partial charge in [-0.2, -0.15) is 4.98 Å². The smallest absolute Gasteiger partial charge is 0.332 e. The standard InChI is InChI=1S/C12H14N4O3/c1-4-5-15-10(17)8-9(14(3)12(15)18)13-11-16(8)6-7(2)19-11/h6H,4-5H2,1-3H3. The first kappa shape index (κ1) is 11.8. The molecular weight excluding hydrogens is 248 g/mol. The molecule has 7 heteroatoms. The molecule has 0 N–H and O–H groups in total. The van der Waals surface area contributed by atoms with Crippen molar-refractivity contribution in [1.82, 2.24) is 18.5 Å². The minimum absolute atomic E-state index is 0.326. The van der Waals surface area contributed by atoms with Gasteiger partial charge in [0.1, 0.15) is 5.76 Å². The molecule has 100 valence electrons. The van der Waals surface area contributed by atoms with Crippen molar-refractivity contribution in [3.8, 4) is 0 Å². The number of hydrogen-bond acceptors (Lipinski definition) is 4. The predicted octanol–water partition coefficient (Wildman–Crippen LogP) is 0.659. The highest BCUT2D eigenvalue weighted by atomic mass is 16.4. The minimum atomic E-state index is -0.350. The first-order valence-corrected chi connectivity index (χ1v) is 6.12. The van der Waals surface area contributed by atoms with Crippen LogP contribution in [-0.4, -0.2) is 18.5 Å². The van der Waals surface area contributed by atoms with Gasteiger partial charge in [0.25, 0.3) is 5.56 Å². The summed E-state index contributed by atoms with van der Waals surface area (Å²) in [5.41, 5.74) is 0.0496. The number of oxazole rings is 1. The molecule has 0 aliphatic carbocycles. The Bertz CT molecular complexity index is 894. The van der Waals surface area contributed by atoms with Gasteiger partial charge in [-0.05, 0) is 13.3 Å². The maximum Gasteiger partial charge on any atom is 0.332 e. The van der Waals surface area contributed by atoms with Gasteiger partial charge in [0, 0.05) is 13.6 Å². The topological polar surface area (TPSA) is 74.4 Å². The molecule has 0 aromatic carbocycles. The highest BCUT2D eigenvalue weighted by Gasteiger charge is 2.18. The molecule has 0 aliphatic rings. The molecule has 0 aliphatic heterocycles. The Kier molecular flexibility index (Phi) is 2.38. The van der Waals surface area contributed by atoms with Crippen LogP contribution < -0.4 is 11.2 Å². The molecule has 3 aromatic rings. The van der Waals surface area contributed by atoms with Gasteiger partial charge in [-0.1, -0.05) is 6.92 Å². The van der Waals surface area contributed by atoms with E-state index in [2.05, 4.69) is 4.98 Å². The predicted molar refractivity (Wildman–Crippen MR) is 69.5 cm³/mol. The van der Waals surface area contributed by atoms with Crippen LogP contribution in [0.15, 0.2) is 20.2 Å². The number of imidazole rings is 1. The summed E-state index contributed by atoms with van der Waals surface area (Å²) in [7, 11) is 1.61. The van der Waals surface area contributed by atoms with E-state index >= 15 is 0 Å². The van der Waals surface area contributed by atoms with Gasteiger partial charge in [-0.25, -0.2) is 4.79 Å². The Hall–Kier alpha value is -2.31. The van der Waals surface area contributed by atoms with Crippen LogP contribution in [0.3, 0.4) is 0 Å². The van der Waals surface area contributed by atoms with Crippen LogP contribution in [0.5, 0.6) is 0 Å². The van der Waals surface area contributed by atoms with Crippen LogP contribution in [0.25, 0.3) is 17.0 Å². The number of aromatic nitrogens is 4. The summed E-state index contributed by atoms with van der Waals surface area (Å²) in [6.07, 6.45) is 2.42. The molecule has 0 fully saturated rings. The highest BCUT2D eigenvalue weighted by molar-refractivity contribution is 5.74. The van der Waals surface area contributed by atoms with E-state index < -0.39 is 0 Å². The van der Waals surface area contributed by atoms with Gasteiger partial charge >= 0.3 is 11.5 Å². The lowest BCUT2D eigenvalue weighted by Gasteiger charge is -2.06. The average molecular weight is 262 g/mol. The Labute approximate surface area is 107 Å². The van der Waals surface area contributed by atoms with E-state index in [1.165, 1.54) is 9.13 Å². The molecule has 0 radical (unpaired) electrons. The third-order valence-electron chi connectivity index (χ3n) is 3.15. The van der Waals surface area contributed by atoms with Crippen molar-refractivity contribution in [2.75, 3.05) is 0 Å². The van der Waals surface area contributed by atoms with E-state index in [0.29, 0.717) is 35.7 Å². The van der Waals surface area contributed by atoms with Crippen LogP contribution >= 0.6 is 0 Å². The Balaban J connectivity index is 2.57. The van der Waals surface area contributed by atoms with E-state index in [0.717, 1.165) is 0 Å². The maximum atomic E-state index is 12.4. The lowest BCUT2D eigenvalue weighted by Crippen LogP contribution is -2.39. The second-order valence-corrected chi connectivity index (χ2v) is 4.58. The van der Waals surface area contributed by atoms with Crippen LogP contribution in [-0.2, 0) is 13.6 Å². The van der Waals surface area contributed by atoms with Crippen molar-refractivity contribution in [2.45, 2.75) is 26.8 Å². The van der Waals surface area contributed by atoms with E-state index in [4.69, 9.17) is 4.42 Å². The molecule has 19 heavy (non-hydrogen) atoms. The minimum Gasteiger partial charge on any atom is -0.428 e. The highest BCUT2D eigenvalue weighted by Crippen LogP contribution is 2.14. The van der Waals surface area contributed by atoms with E-state index in [-0.39, 0.29) is 11.2 Å². The van der Waals surface area contributed by atoms with Crippen LogP contribution in [0.4, 0.5) is 0 Å². The molecule has 3 aromatic heterocycles. The van der Waals surface area contributed by atoms with Gasteiger partial charge in [-0.15, -0.1) is 0 Å². The van der Waals surface area contributed by atoms with Crippen LogP contribution in [0, 0.1) is 6.92 Å². The molecule has 0 saturated carbocycles. The number of nitrogens with zero attached hydrogens (tertiary/aromatic N) is 4. The Morgan fingerprint density at radius 3 is 2.79 bits per heavy atom. The fourth-order valence-electron chi connectivity index (χ4n) is 2.28. The average Bonchev–Trinajstić information content (AvgIpc) is 2.87. The van der Waals surface area contributed by atoms with Gasteiger partial charge in [0.05, 0.1) is 6.20 Å². The summed E-state index contributed by atoms with van der Waals surface area (Å²) in [5, 5.41) is 0. The zero-order valence-corrected chi connectivity index (χ0v) is 11.0. The van der Waals surface area contributed by atoms with Crippen molar-refractivity contribution >= 4 is 17.0 Å². The molecule has 3 rings (SSSR count). The van der Waals surface area contributed by atoms with Crippen molar-refractivity contribution in [1.29, 1.82) is 0 Å². The monoisotopic (exact) mass is 262 g/mol. The zero-order valence-electron chi connectivity index (χ0n) is 11.0. The summed E-state index contributed by atoms with van der Waals surface area (Å²) >= 11 is 0. The van der Waals surface area contributed by atoms with Gasteiger partial charge in [0.2, 0.25) is 0 Å². The molecule has 0 amide bonds. The molecule has 0 saturated heterocycles. The Morgan fingerprint density at radius 1 is 1.37 bits per heavy atom. The molecule has 0 unspecified atom stereocenters. The number of aryl methyl sites for hydroxylation is 2. The third-order valence-corrected chi connectivity index (χ3v) is 3.15. The Morgan fingerprint density at radius 2 is 2.11 bits per heavy atom. The molecule has 0 atom stereocenters. The van der Waals surface area contributed by atoms with Crippen LogP contribution in [0.1, 0.15) is 19.1 Å². The second kappa shape index (κ2) is 3.84. The molecular formula is C12H14N4O3. The number of hydrogen-bond donors (Lipinski definition) is 0. The zero-order chi connectivity index (χ0) is 13.7. The number of fused-ring (bicyclic) bond motifs is 3. The molecule has 7 nitrogen and oxygen atoms in total. The third kappa shape index (κ3) is 1.47. The quantitative estimate of drug-likeness (QED) is 0.680. The summed E-state index contributed by atoms with van der Waals surface area (Å²) in [4.78, 5) is 28.7. The summed E-state index contributed by atoms with van der Waals surface area (Å²) in [6, 6.07) is 0. The van der Waals surface area contributed by atoms with E-state index in [1.807, 2.05) is 6.92 Å². The summed E-state index contributed by atoms with van der Waals surface area (Å²) in [6.45, 7) is 4.10. The van der Waals surface area contributed by atoms with Crippen molar-refractivity contribution in [3.05, 3.63) is 32.8 Å². The fourth-order valence-corrected chi connectivity index (χ4v) is 2.28. The van der Waals surface area contributed by atoms with Gasteiger partial charge in [0.15, 0.2) is 11.2 Å². The van der Waals surface area contributed by atoms with E-state index in [1.54, 1.807) is 24.6 Å². The number of rotatable bonds is 2. The maximum absolute atomic E-state index is 12.4. The van der Waals surface area contributed by atoms with Crippen molar-refractivity contribution in [3.63, 3.8) is 0 Å². The fraction of sp³-hybridized carbons (Fsp3) is 0.417. The van der Waals surface area contributed by atoms with Gasteiger partial charge in [-0.3, -0.25) is 18.3 Å². The first-order valence-electron chi connectivity index (χ1n) is 6.12. The van der Waals surface area contributed by atoms with Crippen molar-refractivity contribution in [2.24, 2.45) is 7.05 Å². The van der Waals surface area contributed by atoms with Crippen molar-refractivity contribution < 1.29 is 4.42 Å². The van der Waals surface area contributed by atoms with Crippen LogP contribution in [0.2, 0.25) is 0 Å². The molecule has 0 bridgehead atoms. The normalized spacial score (nSPS) is 11.7. The lowest BCUT2D eigenvalue weighted by atomic mass is 10.4. The second-order valence-electron chi connectivity index (χ2n) is 4.58. The lowest BCUT2D eigenvalue weighted by molar-refractivity contribution is 0.562. The molecule has 3 heterocycles. The molecule has 0 spiro atoms. The summed E-state index contributed by atoms with van der Waals surface area (Å²) in [5.74, 6) is 0.994. The van der Waals surface area contributed by atoms with E-state index in [9.17, 15) is 9.59 Å². The SMILES string of the molecule is CCCn1c(=O)c2c(nc3oc(C)cn32)n(C)c1=O. The first-order chi connectivity index (χ1) is 9.04.